The largest absolute Gasteiger partial charge is 0.216 e. The van der Waals surface area contributed by atoms with Crippen LogP contribution in [0.2, 0.25) is 0 Å². The van der Waals surface area contributed by atoms with Crippen LogP contribution in [0.25, 0.3) is 0 Å². The van der Waals surface area contributed by atoms with Gasteiger partial charge in [-0.05, 0) is 0 Å². The first-order chi connectivity index (χ1) is 6.25. The van der Waals surface area contributed by atoms with E-state index in [9.17, 15) is 0 Å². The lowest BCUT2D eigenvalue weighted by Crippen LogP contribution is -2.58. The second-order valence-electron chi connectivity index (χ2n) is 2.87. The second-order valence-corrected chi connectivity index (χ2v) is 179. The summed E-state index contributed by atoms with van der Waals surface area (Å²) in [7, 11) is 0. The first-order valence-corrected chi connectivity index (χ1v) is 49.3. The van der Waals surface area contributed by atoms with E-state index in [1.807, 2.05) is 0 Å². The van der Waals surface area contributed by atoms with Gasteiger partial charge in [-0.1, -0.05) is 0 Å². The molecule has 0 N–H and O–H groups in total. The first kappa shape index (κ1) is 21.4. The quantitative estimate of drug-likeness (QED) is 0.140. The minimum Gasteiger partial charge on any atom is -0.108 e. The molecule has 0 amide bonds. The van der Waals surface area contributed by atoms with Gasteiger partial charge in [0.2, 0.25) is 10.5 Å². The fraction of sp³-hybridized carbons (Fsp3) is 0. The third-order valence-electron chi connectivity index (χ3n) is 1.97. The summed E-state index contributed by atoms with van der Waals surface area (Å²) in [5.74, 6) is 0. The summed E-state index contributed by atoms with van der Waals surface area (Å²) in [5, 5.41) is 0. The van der Waals surface area contributed by atoms with E-state index in [2.05, 4.69) is 218 Å². The highest BCUT2D eigenvalue weighted by atomic mass is 127. The van der Waals surface area contributed by atoms with E-state index in [0.717, 1.165) is 0 Å². The lowest BCUT2D eigenvalue weighted by Gasteiger charge is -2.31. The summed E-state index contributed by atoms with van der Waals surface area (Å²) in [6.45, 7) is 0. The SMILES string of the molecule is I[Si]1(I)[Si](I)(I)[Si](I)(I)[Si](I)(I)[Si]1(I)I. The van der Waals surface area contributed by atoms with Crippen LogP contribution in [0.1, 0.15) is 0 Å². The summed E-state index contributed by atoms with van der Waals surface area (Å²) in [5.41, 5.74) is 0. The molecule has 15 heavy (non-hydrogen) atoms. The highest BCUT2D eigenvalue weighted by molar-refractivity contribution is 14.3. The van der Waals surface area contributed by atoms with Crippen molar-refractivity contribution in [1.29, 1.82) is 0 Å². The van der Waals surface area contributed by atoms with Crippen molar-refractivity contribution >= 4 is 228 Å². The highest BCUT2D eigenvalue weighted by Crippen LogP contribution is 2.72. The van der Waals surface area contributed by atoms with Crippen LogP contribution in [0.15, 0.2) is 0 Å². The maximum atomic E-state index is 2.97. The van der Waals surface area contributed by atoms with Crippen molar-refractivity contribution in [3.63, 3.8) is 0 Å². The molecule has 0 bridgehead atoms. The summed E-state index contributed by atoms with van der Waals surface area (Å²) < 4.78 is -5.04. The number of rotatable bonds is 0. The zero-order valence-corrected chi connectivity index (χ0v) is 32.9. The molecule has 1 saturated heterocycles. The Morgan fingerprint density at radius 2 is 0.333 bits per heavy atom. The summed E-state index contributed by atoms with van der Waals surface area (Å²) in [6, 6.07) is 0. The Labute approximate surface area is 221 Å². The molecule has 0 aromatic carbocycles. The van der Waals surface area contributed by atoms with Gasteiger partial charge in [-0.25, -0.2) is 0 Å². The van der Waals surface area contributed by atoms with Crippen molar-refractivity contribution in [3.05, 3.63) is 0 Å². The Kier molecular flexibility index (Phi) is 9.92. The Morgan fingerprint density at radius 3 is 0.400 bits per heavy atom. The van der Waals surface area contributed by atoms with Gasteiger partial charge in [0.05, 0.1) is 0 Å². The topological polar surface area (TPSA) is 0 Å². The predicted molar refractivity (Wildman–Crippen MR) is 169 cm³/mol. The normalized spacial score (nSPS) is 34.0. The van der Waals surface area contributed by atoms with E-state index in [0.29, 0.717) is 0 Å². The van der Waals surface area contributed by atoms with Crippen molar-refractivity contribution in [2.24, 2.45) is 0 Å². The van der Waals surface area contributed by atoms with Gasteiger partial charge in [0.15, 0.2) is 0 Å². The van der Waals surface area contributed by atoms with Crippen LogP contribution >= 0.6 is 218 Å². The molecule has 0 nitrogen and oxygen atoms in total. The Morgan fingerprint density at radius 1 is 0.267 bits per heavy atom. The third-order valence-corrected chi connectivity index (χ3v) is 486. The monoisotopic (exact) mass is 1410 g/mol. The van der Waals surface area contributed by atoms with Crippen molar-refractivity contribution < 1.29 is 0 Å². The van der Waals surface area contributed by atoms with Crippen LogP contribution in [-0.2, 0) is 0 Å². The molecular weight excluding hydrogens is 1410 g/mol. The van der Waals surface area contributed by atoms with E-state index in [1.54, 1.807) is 0 Å². The van der Waals surface area contributed by atoms with Crippen molar-refractivity contribution in [3.8, 4) is 0 Å². The zero-order valence-electron chi connectivity index (χ0n) is 6.28. The van der Waals surface area contributed by atoms with Crippen LogP contribution in [0.5, 0.6) is 0 Å². The van der Waals surface area contributed by atoms with Crippen LogP contribution in [-0.4, -0.2) is 10.5 Å². The molecule has 1 heterocycles. The molecule has 1 aliphatic heterocycles. The number of hydrogen-bond donors (Lipinski definition) is 0. The molecule has 15 heteroatoms. The van der Waals surface area contributed by atoms with Crippen molar-refractivity contribution in [2.45, 2.75) is 0 Å². The highest BCUT2D eigenvalue weighted by Gasteiger charge is 2.89. The molecular formula is I10Si5. The minimum atomic E-state index is -1.01. The third kappa shape index (κ3) is 3.26. The fourth-order valence-corrected chi connectivity index (χ4v) is 729. The molecule has 0 radical (unpaired) electrons. The van der Waals surface area contributed by atoms with E-state index < -0.39 is 10.5 Å². The summed E-state index contributed by atoms with van der Waals surface area (Å²) in [4.78, 5) is 0. The first-order valence-electron chi connectivity index (χ1n) is 3.14. The van der Waals surface area contributed by atoms with Gasteiger partial charge in [-0.15, -0.1) is 218 Å². The minimum absolute atomic E-state index is 1.01. The predicted octanol–water partition coefficient (Wildman–Crippen LogP) is 6.95. The van der Waals surface area contributed by atoms with Gasteiger partial charge in [-0.2, -0.15) is 0 Å². The van der Waals surface area contributed by atoms with Gasteiger partial charge in [0.1, 0.15) is 0 Å². The maximum Gasteiger partial charge on any atom is 0.216 e. The van der Waals surface area contributed by atoms with Crippen LogP contribution in [0.3, 0.4) is 0 Å². The van der Waals surface area contributed by atoms with Crippen LogP contribution in [0.4, 0.5) is 0 Å². The van der Waals surface area contributed by atoms with Crippen LogP contribution in [0, 0.1) is 0 Å². The lowest BCUT2D eigenvalue weighted by molar-refractivity contribution is 3.94. The standard InChI is InChI=1S/I10Si5/c1-11(2)12(3,4)14(7,8)15(9,10)13(11,5)6. The molecule has 0 aliphatic carbocycles. The van der Waals surface area contributed by atoms with Gasteiger partial charge in [-0.3, -0.25) is 0 Å². The molecule has 1 rings (SSSR count). The summed E-state index contributed by atoms with van der Waals surface area (Å²) >= 11 is 29.7. The lowest BCUT2D eigenvalue weighted by atomic mass is 26.4. The molecule has 0 spiro atoms. The van der Waals surface area contributed by atoms with Gasteiger partial charge in [0, 0.05) is 0 Å². The van der Waals surface area contributed by atoms with E-state index in [4.69, 9.17) is 0 Å². The molecule has 0 atom stereocenters. The van der Waals surface area contributed by atoms with Crippen LogP contribution < -0.4 is 0 Å². The molecule has 0 aromatic heterocycles. The average molecular weight is 1410 g/mol. The molecule has 90 valence electrons. The Balaban J connectivity index is 3.55. The molecule has 1 aliphatic rings. The van der Waals surface area contributed by atoms with Crippen molar-refractivity contribution in [1.82, 2.24) is 0 Å². The van der Waals surface area contributed by atoms with Gasteiger partial charge in [0.25, 0.3) is 0 Å². The fourth-order valence-electron chi connectivity index (χ4n) is 0.986. The van der Waals surface area contributed by atoms with E-state index in [-0.39, 0.29) is 0 Å². The molecule has 0 saturated carbocycles. The van der Waals surface area contributed by atoms with E-state index >= 15 is 0 Å². The van der Waals surface area contributed by atoms with Gasteiger partial charge >= 0.3 is 0 Å². The smallest absolute Gasteiger partial charge is 0.108 e. The van der Waals surface area contributed by atoms with Gasteiger partial charge < -0.3 is 0 Å². The Bertz CT molecular complexity index is 199. The second kappa shape index (κ2) is 6.95. The Hall–Kier alpha value is 8.38. The molecule has 1 fully saturated rings. The summed E-state index contributed by atoms with van der Waals surface area (Å²) in [6.07, 6.45) is 0. The average Bonchev–Trinajstić information content (AvgIpc) is 2.04. The van der Waals surface area contributed by atoms with Crippen molar-refractivity contribution in [2.75, 3.05) is 0 Å². The molecule has 0 unspecified atom stereocenters. The number of halogens is 10. The maximum absolute atomic E-state index is 2.97. The zero-order chi connectivity index (χ0) is 12.5. The van der Waals surface area contributed by atoms with E-state index in [1.165, 1.54) is 0 Å². The molecule has 0 aromatic rings. The number of hydrogen-bond acceptors (Lipinski definition) is 0.